The molecule has 0 radical (unpaired) electrons. The van der Waals surface area contributed by atoms with Crippen molar-refractivity contribution in [3.05, 3.63) is 99.4 Å². The summed E-state index contributed by atoms with van der Waals surface area (Å²) in [4.78, 5) is 21.9. The van der Waals surface area contributed by atoms with Gasteiger partial charge in [0.15, 0.2) is 0 Å². The van der Waals surface area contributed by atoms with Crippen LogP contribution in [0.15, 0.2) is 77.3 Å². The second-order valence-corrected chi connectivity index (χ2v) is 11.4. The van der Waals surface area contributed by atoms with E-state index >= 15 is 0 Å². The van der Waals surface area contributed by atoms with Gasteiger partial charge in [-0.15, -0.1) is 0 Å². The molecule has 0 aliphatic heterocycles. The maximum atomic E-state index is 12.2. The van der Waals surface area contributed by atoms with Crippen molar-refractivity contribution in [1.29, 1.82) is 0 Å². The number of carbonyl (C=O) groups is 1. The smallest absolute Gasteiger partial charge is 0.307 e. The second-order valence-electron chi connectivity index (χ2n) is 10.1. The van der Waals surface area contributed by atoms with Crippen LogP contribution in [0.25, 0.3) is 21.9 Å². The molecule has 8 heteroatoms. The SMILES string of the molecule is O=C(O)[C@@H]1CCCC[C@@H]1c1nc2cc(OCc3ccc4cc(Cl)ccc4n3)ccc2n1Cc1ccc(Br)cc1. The van der Waals surface area contributed by atoms with Crippen molar-refractivity contribution in [2.45, 2.75) is 44.8 Å². The zero-order valence-electron chi connectivity index (χ0n) is 21.2. The largest absolute Gasteiger partial charge is 0.487 e. The number of aliphatic carboxylic acids is 1. The highest BCUT2D eigenvalue weighted by molar-refractivity contribution is 9.10. The zero-order valence-corrected chi connectivity index (χ0v) is 23.5. The average molecular weight is 605 g/mol. The molecule has 0 amide bonds. The van der Waals surface area contributed by atoms with Gasteiger partial charge in [0.25, 0.3) is 0 Å². The summed E-state index contributed by atoms with van der Waals surface area (Å²) in [6.45, 7) is 0.938. The number of hydrogen-bond acceptors (Lipinski definition) is 4. The molecule has 6 rings (SSSR count). The van der Waals surface area contributed by atoms with E-state index in [0.29, 0.717) is 30.3 Å². The highest BCUT2D eigenvalue weighted by Gasteiger charge is 2.35. The normalized spacial score (nSPS) is 17.5. The summed E-state index contributed by atoms with van der Waals surface area (Å²) in [6, 6.07) is 23.7. The van der Waals surface area contributed by atoms with Crippen molar-refractivity contribution < 1.29 is 14.6 Å². The van der Waals surface area contributed by atoms with E-state index in [-0.39, 0.29) is 5.92 Å². The lowest BCUT2D eigenvalue weighted by atomic mass is 9.78. The third-order valence-electron chi connectivity index (χ3n) is 7.51. The maximum absolute atomic E-state index is 12.2. The summed E-state index contributed by atoms with van der Waals surface area (Å²) in [7, 11) is 0. The molecule has 1 N–H and O–H groups in total. The van der Waals surface area contributed by atoms with Crippen LogP contribution in [-0.4, -0.2) is 25.6 Å². The molecule has 0 unspecified atom stereocenters. The van der Waals surface area contributed by atoms with Crippen molar-refractivity contribution in [1.82, 2.24) is 14.5 Å². The minimum absolute atomic E-state index is 0.126. The lowest BCUT2D eigenvalue weighted by Crippen LogP contribution is -2.27. The molecule has 1 aliphatic carbocycles. The third kappa shape index (κ3) is 5.52. The Labute approximate surface area is 239 Å². The Morgan fingerprint density at radius 1 is 0.974 bits per heavy atom. The van der Waals surface area contributed by atoms with E-state index < -0.39 is 11.9 Å². The highest BCUT2D eigenvalue weighted by Crippen LogP contribution is 2.39. The molecule has 1 saturated carbocycles. The maximum Gasteiger partial charge on any atom is 0.307 e. The minimum Gasteiger partial charge on any atom is -0.487 e. The number of rotatable bonds is 7. The number of ether oxygens (including phenoxy) is 1. The molecule has 0 saturated heterocycles. The van der Waals surface area contributed by atoms with Gasteiger partial charge in [-0.2, -0.15) is 0 Å². The first-order valence-electron chi connectivity index (χ1n) is 13.1. The van der Waals surface area contributed by atoms with Crippen molar-refractivity contribution >= 4 is 55.4 Å². The number of halogens is 2. The molecule has 2 heterocycles. The van der Waals surface area contributed by atoms with Gasteiger partial charge in [-0.25, -0.2) is 9.97 Å². The number of imidazole rings is 1. The summed E-state index contributed by atoms with van der Waals surface area (Å²) >= 11 is 9.60. The fraction of sp³-hybridized carbons (Fsp3) is 0.258. The molecule has 6 nitrogen and oxygen atoms in total. The summed E-state index contributed by atoms with van der Waals surface area (Å²) in [6.07, 6.45) is 3.45. The molecule has 2 atom stereocenters. The van der Waals surface area contributed by atoms with E-state index in [4.69, 9.17) is 21.3 Å². The molecule has 1 fully saturated rings. The van der Waals surface area contributed by atoms with E-state index in [1.165, 1.54) is 0 Å². The number of hydrogen-bond donors (Lipinski definition) is 1. The Bertz CT molecular complexity index is 1670. The molecule has 0 spiro atoms. The fourth-order valence-electron chi connectivity index (χ4n) is 5.55. The quantitative estimate of drug-likeness (QED) is 0.204. The zero-order chi connectivity index (χ0) is 26.9. The molecule has 1 aliphatic rings. The summed E-state index contributed by atoms with van der Waals surface area (Å²) < 4.78 is 9.33. The van der Waals surface area contributed by atoms with Crippen LogP contribution in [0.1, 0.15) is 48.7 Å². The van der Waals surface area contributed by atoms with Gasteiger partial charge in [-0.3, -0.25) is 4.79 Å². The number of benzene rings is 3. The van der Waals surface area contributed by atoms with Crippen LogP contribution in [0.2, 0.25) is 5.02 Å². The van der Waals surface area contributed by atoms with Crippen molar-refractivity contribution in [2.24, 2.45) is 5.92 Å². The van der Waals surface area contributed by atoms with Crippen LogP contribution >= 0.6 is 27.5 Å². The standard InChI is InChI=1S/C31H27BrClN3O3/c32-21-8-5-19(6-9-21)17-36-29-14-12-24(39-18-23-11-7-20-15-22(33)10-13-27(20)34-23)16-28(29)35-30(36)25-3-1-2-4-26(25)31(37)38/h5-16,25-26H,1-4,17-18H2,(H,37,38)/t25-,26+/m0/s1. The first kappa shape index (κ1) is 25.8. The van der Waals surface area contributed by atoms with Gasteiger partial charge in [-0.05, 0) is 66.9 Å². The Morgan fingerprint density at radius 3 is 2.62 bits per heavy atom. The van der Waals surface area contributed by atoms with Gasteiger partial charge >= 0.3 is 5.97 Å². The molecule has 3 aromatic carbocycles. The number of aromatic nitrogens is 3. The van der Waals surface area contributed by atoms with E-state index in [9.17, 15) is 9.90 Å². The highest BCUT2D eigenvalue weighted by atomic mass is 79.9. The molecule has 2 aromatic heterocycles. The van der Waals surface area contributed by atoms with Crippen molar-refractivity contribution in [3.63, 3.8) is 0 Å². The first-order chi connectivity index (χ1) is 18.9. The summed E-state index contributed by atoms with van der Waals surface area (Å²) in [5, 5.41) is 11.7. The summed E-state index contributed by atoms with van der Waals surface area (Å²) in [5.74, 6) is 0.240. The van der Waals surface area contributed by atoms with Crippen molar-refractivity contribution in [3.8, 4) is 5.75 Å². The average Bonchev–Trinajstić information content (AvgIpc) is 3.30. The number of carboxylic acids is 1. The van der Waals surface area contributed by atoms with Crippen LogP contribution in [0.5, 0.6) is 5.75 Å². The van der Waals surface area contributed by atoms with E-state index in [0.717, 1.165) is 62.8 Å². The second kappa shape index (κ2) is 11.0. The Kier molecular flexibility index (Phi) is 7.28. The number of nitrogens with zero attached hydrogens (tertiary/aromatic N) is 3. The van der Waals surface area contributed by atoms with Gasteiger partial charge in [-0.1, -0.05) is 58.6 Å². The van der Waals surface area contributed by atoms with E-state index in [1.54, 1.807) is 0 Å². The minimum atomic E-state index is -0.740. The lowest BCUT2D eigenvalue weighted by molar-refractivity contribution is -0.143. The van der Waals surface area contributed by atoms with Gasteiger partial charge in [0.05, 0.1) is 28.2 Å². The topological polar surface area (TPSA) is 77.2 Å². The summed E-state index contributed by atoms with van der Waals surface area (Å²) in [5.41, 5.74) is 4.59. The third-order valence-corrected chi connectivity index (χ3v) is 8.28. The van der Waals surface area contributed by atoms with Crippen LogP contribution in [0, 0.1) is 5.92 Å². The van der Waals surface area contributed by atoms with E-state index in [1.807, 2.05) is 60.7 Å². The van der Waals surface area contributed by atoms with Crippen LogP contribution in [0.4, 0.5) is 0 Å². The van der Waals surface area contributed by atoms with Crippen LogP contribution in [0.3, 0.4) is 0 Å². The molecule has 0 bridgehead atoms. The van der Waals surface area contributed by atoms with Gasteiger partial charge < -0.3 is 14.4 Å². The molecule has 5 aromatic rings. The monoisotopic (exact) mass is 603 g/mol. The molecule has 39 heavy (non-hydrogen) atoms. The number of fused-ring (bicyclic) bond motifs is 2. The Morgan fingerprint density at radius 2 is 1.79 bits per heavy atom. The Hall–Kier alpha value is -3.42. The number of carboxylic acid groups (broad SMARTS) is 1. The van der Waals surface area contributed by atoms with Gasteiger partial charge in [0, 0.05) is 33.4 Å². The predicted octanol–water partition coefficient (Wildman–Crippen LogP) is 7.99. The van der Waals surface area contributed by atoms with E-state index in [2.05, 4.69) is 37.6 Å². The van der Waals surface area contributed by atoms with Gasteiger partial charge in [0.2, 0.25) is 0 Å². The number of pyridine rings is 1. The molecular weight excluding hydrogens is 578 g/mol. The lowest BCUT2D eigenvalue weighted by Gasteiger charge is -2.28. The van der Waals surface area contributed by atoms with Crippen molar-refractivity contribution in [2.75, 3.05) is 0 Å². The Balaban J connectivity index is 1.32. The first-order valence-corrected chi connectivity index (χ1v) is 14.3. The molecular formula is C31H27BrClN3O3. The fourth-order valence-corrected chi connectivity index (χ4v) is 6.00. The van der Waals surface area contributed by atoms with Gasteiger partial charge in [0.1, 0.15) is 18.2 Å². The van der Waals surface area contributed by atoms with Crippen LogP contribution in [-0.2, 0) is 17.9 Å². The van der Waals surface area contributed by atoms with Crippen LogP contribution < -0.4 is 4.74 Å². The predicted molar refractivity (Wildman–Crippen MR) is 156 cm³/mol. The molecule has 198 valence electrons.